The van der Waals surface area contributed by atoms with E-state index in [2.05, 4.69) is 36.8 Å². The third kappa shape index (κ3) is 5.05. The fourth-order valence-corrected chi connectivity index (χ4v) is 4.31. The van der Waals surface area contributed by atoms with Crippen molar-refractivity contribution in [1.29, 1.82) is 0 Å². The third-order valence-electron chi connectivity index (χ3n) is 4.61. The average molecular weight is 467 g/mol. The van der Waals surface area contributed by atoms with Crippen molar-refractivity contribution in [2.45, 2.75) is 55.5 Å². The fraction of sp³-hybridized carbons (Fsp3) is 0.444. The van der Waals surface area contributed by atoms with Crippen molar-refractivity contribution < 1.29 is 9.59 Å². The summed E-state index contributed by atoms with van der Waals surface area (Å²) in [7, 11) is 0. The monoisotopic (exact) mass is 466 g/mol. The van der Waals surface area contributed by atoms with Crippen LogP contribution in [0.3, 0.4) is 0 Å². The second-order valence-electron chi connectivity index (χ2n) is 6.71. The van der Waals surface area contributed by atoms with Crippen molar-refractivity contribution in [3.05, 3.63) is 28.7 Å². The van der Waals surface area contributed by atoms with E-state index >= 15 is 0 Å². The van der Waals surface area contributed by atoms with Gasteiger partial charge < -0.3 is 11.2 Å². The summed E-state index contributed by atoms with van der Waals surface area (Å²) in [6.07, 6.45) is 5.34. The Labute approximate surface area is 176 Å². The number of nitrogens with zero attached hydrogens (tertiary/aromatic N) is 3. The number of imide groups is 1. The Hall–Kier alpha value is -2.07. The van der Waals surface area contributed by atoms with E-state index in [1.807, 2.05) is 24.3 Å². The Balaban J connectivity index is 1.58. The van der Waals surface area contributed by atoms with Gasteiger partial charge >= 0.3 is 6.03 Å². The van der Waals surface area contributed by atoms with E-state index in [4.69, 9.17) is 5.84 Å². The van der Waals surface area contributed by atoms with E-state index in [1.165, 1.54) is 11.1 Å². The number of urea groups is 1. The molecule has 1 unspecified atom stereocenters. The van der Waals surface area contributed by atoms with Crippen LogP contribution in [0, 0.1) is 0 Å². The predicted molar refractivity (Wildman–Crippen MR) is 112 cm³/mol. The van der Waals surface area contributed by atoms with Gasteiger partial charge in [-0.2, -0.15) is 0 Å². The Bertz CT molecular complexity index is 852. The molecule has 1 aliphatic rings. The predicted octanol–water partition coefficient (Wildman–Crippen LogP) is 3.06. The average Bonchev–Trinajstić information content (AvgIpc) is 3.03. The molecular weight excluding hydrogens is 444 g/mol. The molecule has 1 atom stereocenters. The highest BCUT2D eigenvalue weighted by Crippen LogP contribution is 2.29. The molecule has 28 heavy (non-hydrogen) atoms. The van der Waals surface area contributed by atoms with Gasteiger partial charge in [-0.15, -0.1) is 10.2 Å². The standard InChI is InChI=1S/C18H23BrN6O2S/c1-11(16(26)22-17(27)21-12-7-3-2-4-8-12)28-18-24-23-15(25(18)20)13-9-5-6-10-14(13)19/h5-6,9-12H,2-4,7-8,20H2,1H3,(H2,21,22,26,27). The molecule has 1 fully saturated rings. The van der Waals surface area contributed by atoms with E-state index < -0.39 is 17.2 Å². The maximum atomic E-state index is 12.3. The summed E-state index contributed by atoms with van der Waals surface area (Å²) in [5.41, 5.74) is 0.799. The number of hydrogen-bond acceptors (Lipinski definition) is 6. The van der Waals surface area contributed by atoms with Gasteiger partial charge in [0.15, 0.2) is 5.82 Å². The molecule has 8 nitrogen and oxygen atoms in total. The molecule has 10 heteroatoms. The zero-order valence-electron chi connectivity index (χ0n) is 15.5. The van der Waals surface area contributed by atoms with Crippen LogP contribution in [-0.2, 0) is 4.79 Å². The largest absolute Gasteiger partial charge is 0.335 e. The summed E-state index contributed by atoms with van der Waals surface area (Å²) >= 11 is 4.61. The van der Waals surface area contributed by atoms with Crippen LogP contribution in [0.4, 0.5) is 4.79 Å². The highest BCUT2D eigenvalue weighted by molar-refractivity contribution is 9.10. The highest BCUT2D eigenvalue weighted by atomic mass is 79.9. The number of hydrogen-bond donors (Lipinski definition) is 3. The van der Waals surface area contributed by atoms with Gasteiger partial charge in [-0.05, 0) is 31.9 Å². The van der Waals surface area contributed by atoms with Gasteiger partial charge in [0.05, 0.1) is 5.25 Å². The fourth-order valence-electron chi connectivity index (χ4n) is 3.08. The van der Waals surface area contributed by atoms with Crippen LogP contribution in [0.2, 0.25) is 0 Å². The molecule has 1 aromatic heterocycles. The first kappa shape index (κ1) is 20.7. The van der Waals surface area contributed by atoms with Gasteiger partial charge in [-0.1, -0.05) is 59.1 Å². The summed E-state index contributed by atoms with van der Waals surface area (Å²) < 4.78 is 2.19. The molecule has 0 saturated heterocycles. The normalized spacial score (nSPS) is 15.8. The lowest BCUT2D eigenvalue weighted by Crippen LogP contribution is -2.47. The lowest BCUT2D eigenvalue weighted by molar-refractivity contribution is -0.119. The minimum absolute atomic E-state index is 0.142. The second-order valence-corrected chi connectivity index (χ2v) is 8.88. The van der Waals surface area contributed by atoms with Crippen LogP contribution in [0.1, 0.15) is 39.0 Å². The van der Waals surface area contributed by atoms with Crippen LogP contribution in [0.25, 0.3) is 11.4 Å². The molecule has 4 N–H and O–H groups in total. The van der Waals surface area contributed by atoms with E-state index in [1.54, 1.807) is 6.92 Å². The Morgan fingerprint density at radius 2 is 1.96 bits per heavy atom. The zero-order chi connectivity index (χ0) is 20.1. The summed E-state index contributed by atoms with van der Waals surface area (Å²) in [6, 6.07) is 7.22. The summed E-state index contributed by atoms with van der Waals surface area (Å²) in [5, 5.41) is 13.3. The number of thioether (sulfide) groups is 1. The molecule has 0 aliphatic heterocycles. The van der Waals surface area contributed by atoms with Crippen molar-refractivity contribution in [1.82, 2.24) is 25.5 Å². The van der Waals surface area contributed by atoms with Crippen molar-refractivity contribution in [3.63, 3.8) is 0 Å². The van der Waals surface area contributed by atoms with Crippen molar-refractivity contribution in [2.24, 2.45) is 0 Å². The number of carbonyl (C=O) groups is 2. The molecule has 0 spiro atoms. The Morgan fingerprint density at radius 3 is 2.68 bits per heavy atom. The van der Waals surface area contributed by atoms with Crippen LogP contribution < -0.4 is 16.5 Å². The quantitative estimate of drug-likeness (QED) is 0.460. The van der Waals surface area contributed by atoms with Gasteiger partial charge in [0.1, 0.15) is 0 Å². The maximum Gasteiger partial charge on any atom is 0.321 e. The molecule has 1 heterocycles. The number of rotatable bonds is 5. The third-order valence-corrected chi connectivity index (χ3v) is 6.36. The smallest absolute Gasteiger partial charge is 0.321 e. The summed E-state index contributed by atoms with van der Waals surface area (Å²) in [4.78, 5) is 24.4. The van der Waals surface area contributed by atoms with Crippen LogP contribution in [0.5, 0.6) is 0 Å². The topological polar surface area (TPSA) is 115 Å². The first-order valence-electron chi connectivity index (χ1n) is 9.19. The lowest BCUT2D eigenvalue weighted by Gasteiger charge is -2.22. The molecule has 1 saturated carbocycles. The zero-order valence-corrected chi connectivity index (χ0v) is 17.9. The minimum Gasteiger partial charge on any atom is -0.335 e. The number of nitrogens with one attached hydrogen (secondary N) is 2. The number of carbonyl (C=O) groups excluding carboxylic acids is 2. The molecule has 150 valence electrons. The molecule has 1 aliphatic carbocycles. The Morgan fingerprint density at radius 1 is 1.25 bits per heavy atom. The molecule has 0 bridgehead atoms. The number of halogens is 1. The Kier molecular flexibility index (Phi) is 6.95. The van der Waals surface area contributed by atoms with Crippen LogP contribution in [0.15, 0.2) is 33.9 Å². The molecule has 1 aromatic carbocycles. The van der Waals surface area contributed by atoms with E-state index in [-0.39, 0.29) is 6.04 Å². The van der Waals surface area contributed by atoms with Gasteiger partial charge in [0.2, 0.25) is 11.1 Å². The maximum absolute atomic E-state index is 12.3. The first-order chi connectivity index (χ1) is 13.5. The molecule has 3 rings (SSSR count). The van der Waals surface area contributed by atoms with Gasteiger partial charge in [-0.3, -0.25) is 10.1 Å². The number of benzene rings is 1. The first-order valence-corrected chi connectivity index (χ1v) is 10.9. The van der Waals surface area contributed by atoms with Gasteiger partial charge in [0, 0.05) is 16.1 Å². The number of aromatic nitrogens is 3. The van der Waals surface area contributed by atoms with Crippen LogP contribution >= 0.6 is 27.7 Å². The SMILES string of the molecule is CC(Sc1nnc(-c2ccccc2Br)n1N)C(=O)NC(=O)NC1CCCCC1. The van der Waals surface area contributed by atoms with Crippen molar-refractivity contribution in [2.75, 3.05) is 5.84 Å². The lowest BCUT2D eigenvalue weighted by atomic mass is 9.96. The minimum atomic E-state index is -0.560. The van der Waals surface area contributed by atoms with Gasteiger partial charge in [0.25, 0.3) is 0 Å². The summed E-state index contributed by atoms with van der Waals surface area (Å²) in [5.74, 6) is 6.20. The van der Waals surface area contributed by atoms with Crippen molar-refractivity contribution >= 4 is 39.6 Å². The number of amides is 3. The second kappa shape index (κ2) is 9.42. The van der Waals surface area contributed by atoms with Gasteiger partial charge in [-0.25, -0.2) is 9.47 Å². The summed E-state index contributed by atoms with van der Waals surface area (Å²) in [6.45, 7) is 1.70. The van der Waals surface area contributed by atoms with Crippen molar-refractivity contribution in [3.8, 4) is 11.4 Å². The molecule has 0 radical (unpaired) electrons. The molecule has 3 amide bonds. The van der Waals surface area contributed by atoms with E-state index in [0.717, 1.165) is 47.5 Å². The van der Waals surface area contributed by atoms with Crippen LogP contribution in [-0.4, -0.2) is 38.1 Å². The number of nitrogen functional groups attached to an aromatic ring is 1. The van der Waals surface area contributed by atoms with E-state index in [9.17, 15) is 9.59 Å². The molecule has 2 aromatic rings. The van der Waals surface area contributed by atoms with E-state index in [0.29, 0.717) is 11.0 Å². The molecular formula is C18H23BrN6O2S. The number of nitrogens with two attached hydrogens (primary N) is 1. The highest BCUT2D eigenvalue weighted by Gasteiger charge is 2.23.